The third-order valence-corrected chi connectivity index (χ3v) is 1.84. The SMILES string of the molecule is [N-]=[N+]=Nc1ccccc1-c1ccco1. The molecule has 0 N–H and O–H groups in total. The predicted octanol–water partition coefficient (Wildman–Crippen LogP) is 3.89. The van der Waals surface area contributed by atoms with Crippen molar-refractivity contribution < 1.29 is 4.42 Å². The van der Waals surface area contributed by atoms with Crippen LogP contribution in [0.15, 0.2) is 52.2 Å². The summed E-state index contributed by atoms with van der Waals surface area (Å²) in [7, 11) is 0. The Hall–Kier alpha value is -2.19. The average molecular weight is 185 g/mol. The van der Waals surface area contributed by atoms with Crippen molar-refractivity contribution in [1.82, 2.24) is 0 Å². The van der Waals surface area contributed by atoms with E-state index in [-0.39, 0.29) is 0 Å². The highest BCUT2D eigenvalue weighted by Crippen LogP contribution is 2.30. The van der Waals surface area contributed by atoms with Crippen molar-refractivity contribution in [2.45, 2.75) is 0 Å². The van der Waals surface area contributed by atoms with Crippen LogP contribution in [0.5, 0.6) is 0 Å². The molecule has 4 nitrogen and oxygen atoms in total. The quantitative estimate of drug-likeness (QED) is 0.397. The topological polar surface area (TPSA) is 61.9 Å². The van der Waals surface area contributed by atoms with Crippen LogP contribution in [-0.2, 0) is 0 Å². The summed E-state index contributed by atoms with van der Waals surface area (Å²) in [5.41, 5.74) is 9.74. The van der Waals surface area contributed by atoms with Crippen molar-refractivity contribution in [2.75, 3.05) is 0 Å². The molecule has 0 bridgehead atoms. The van der Waals surface area contributed by atoms with Crippen LogP contribution in [-0.4, -0.2) is 0 Å². The largest absolute Gasteiger partial charge is 0.464 e. The molecule has 4 heteroatoms. The van der Waals surface area contributed by atoms with Crippen LogP contribution in [0.1, 0.15) is 0 Å². The summed E-state index contributed by atoms with van der Waals surface area (Å²) in [5.74, 6) is 0.702. The molecule has 68 valence electrons. The molecule has 0 aliphatic heterocycles. The van der Waals surface area contributed by atoms with E-state index in [1.165, 1.54) is 0 Å². The zero-order chi connectivity index (χ0) is 9.80. The highest BCUT2D eigenvalue weighted by molar-refractivity contribution is 5.71. The first-order chi connectivity index (χ1) is 6.92. The second kappa shape index (κ2) is 3.68. The van der Waals surface area contributed by atoms with Gasteiger partial charge in [0.2, 0.25) is 0 Å². The Morgan fingerprint density at radius 1 is 1.14 bits per heavy atom. The third kappa shape index (κ3) is 1.46. The Morgan fingerprint density at radius 2 is 2.00 bits per heavy atom. The zero-order valence-electron chi connectivity index (χ0n) is 7.29. The van der Waals surface area contributed by atoms with Gasteiger partial charge in [0.05, 0.1) is 6.26 Å². The van der Waals surface area contributed by atoms with Crippen LogP contribution < -0.4 is 0 Å². The van der Waals surface area contributed by atoms with Crippen molar-refractivity contribution >= 4 is 5.69 Å². The fraction of sp³-hybridized carbons (Fsp3) is 0. The van der Waals surface area contributed by atoms with Gasteiger partial charge in [-0.25, -0.2) is 0 Å². The Kier molecular flexibility index (Phi) is 2.21. The molecule has 14 heavy (non-hydrogen) atoms. The average Bonchev–Trinajstić information content (AvgIpc) is 2.72. The van der Waals surface area contributed by atoms with Crippen LogP contribution in [0.25, 0.3) is 21.8 Å². The Labute approximate surface area is 80.4 Å². The fourth-order valence-electron chi connectivity index (χ4n) is 1.25. The van der Waals surface area contributed by atoms with Crippen LogP contribution in [0, 0.1) is 0 Å². The number of rotatable bonds is 2. The maximum absolute atomic E-state index is 8.37. The van der Waals surface area contributed by atoms with Crippen molar-refractivity contribution in [2.24, 2.45) is 5.11 Å². The molecule has 0 unspecified atom stereocenters. The first-order valence-electron chi connectivity index (χ1n) is 4.10. The molecule has 0 amide bonds. The summed E-state index contributed by atoms with van der Waals surface area (Å²) in [5, 5.41) is 3.58. The summed E-state index contributed by atoms with van der Waals surface area (Å²) in [6.07, 6.45) is 1.59. The number of hydrogen-bond acceptors (Lipinski definition) is 2. The number of hydrogen-bond donors (Lipinski definition) is 0. The third-order valence-electron chi connectivity index (χ3n) is 1.84. The number of furan rings is 1. The van der Waals surface area contributed by atoms with E-state index < -0.39 is 0 Å². The van der Waals surface area contributed by atoms with E-state index in [1.54, 1.807) is 18.4 Å². The smallest absolute Gasteiger partial charge is 0.134 e. The van der Waals surface area contributed by atoms with E-state index in [0.29, 0.717) is 11.4 Å². The predicted molar refractivity (Wildman–Crippen MR) is 53.0 cm³/mol. The molecule has 0 aliphatic rings. The first-order valence-corrected chi connectivity index (χ1v) is 4.10. The van der Waals surface area contributed by atoms with E-state index >= 15 is 0 Å². The van der Waals surface area contributed by atoms with Gasteiger partial charge < -0.3 is 4.42 Å². The van der Waals surface area contributed by atoms with Gasteiger partial charge in [0.25, 0.3) is 0 Å². The summed E-state index contributed by atoms with van der Waals surface area (Å²) < 4.78 is 5.22. The lowest BCUT2D eigenvalue weighted by molar-refractivity contribution is 0.582. The van der Waals surface area contributed by atoms with Gasteiger partial charge in [-0.2, -0.15) is 0 Å². The van der Waals surface area contributed by atoms with Gasteiger partial charge in [-0.05, 0) is 17.7 Å². The van der Waals surface area contributed by atoms with E-state index in [2.05, 4.69) is 10.0 Å². The fourth-order valence-corrected chi connectivity index (χ4v) is 1.25. The molecular formula is C10H7N3O. The molecule has 2 rings (SSSR count). The maximum Gasteiger partial charge on any atom is 0.134 e. The molecule has 2 aromatic rings. The van der Waals surface area contributed by atoms with Gasteiger partial charge in [-0.15, -0.1) is 0 Å². The molecule has 0 atom stereocenters. The molecule has 0 fully saturated rings. The highest BCUT2D eigenvalue weighted by Gasteiger charge is 2.04. The molecule has 0 aliphatic carbocycles. The molecule has 0 radical (unpaired) electrons. The van der Waals surface area contributed by atoms with Gasteiger partial charge in [0.1, 0.15) is 5.76 Å². The van der Waals surface area contributed by atoms with E-state index in [4.69, 9.17) is 9.95 Å². The normalized spacial score (nSPS) is 9.43. The number of nitrogens with zero attached hydrogens (tertiary/aromatic N) is 3. The number of azide groups is 1. The van der Waals surface area contributed by atoms with Crippen molar-refractivity contribution in [1.29, 1.82) is 0 Å². The van der Waals surface area contributed by atoms with Crippen molar-refractivity contribution in [3.8, 4) is 11.3 Å². The molecule has 1 aromatic heterocycles. The van der Waals surface area contributed by atoms with E-state index in [9.17, 15) is 0 Å². The van der Waals surface area contributed by atoms with Gasteiger partial charge in [-0.3, -0.25) is 0 Å². The van der Waals surface area contributed by atoms with Crippen molar-refractivity contribution in [3.63, 3.8) is 0 Å². The minimum Gasteiger partial charge on any atom is -0.464 e. The van der Waals surface area contributed by atoms with Gasteiger partial charge in [-0.1, -0.05) is 29.4 Å². The second-order valence-electron chi connectivity index (χ2n) is 2.68. The summed E-state index contributed by atoms with van der Waals surface area (Å²) in [6.45, 7) is 0. The van der Waals surface area contributed by atoms with E-state index in [0.717, 1.165) is 5.56 Å². The second-order valence-corrected chi connectivity index (χ2v) is 2.68. The standard InChI is InChI=1S/C10H7N3O/c11-13-12-9-5-2-1-4-8(9)10-6-3-7-14-10/h1-7H. The number of benzene rings is 1. The Bertz CT molecular complexity index is 470. The Balaban J connectivity index is 2.57. The molecule has 0 saturated heterocycles. The highest BCUT2D eigenvalue weighted by atomic mass is 16.3. The lowest BCUT2D eigenvalue weighted by Crippen LogP contribution is -1.73. The maximum atomic E-state index is 8.37. The van der Waals surface area contributed by atoms with E-state index in [1.807, 2.05) is 24.3 Å². The molecule has 0 saturated carbocycles. The van der Waals surface area contributed by atoms with Gasteiger partial charge in [0, 0.05) is 16.2 Å². The minimum atomic E-state index is 0.574. The molecule has 1 heterocycles. The summed E-state index contributed by atoms with van der Waals surface area (Å²) >= 11 is 0. The van der Waals surface area contributed by atoms with Crippen LogP contribution in [0.4, 0.5) is 5.69 Å². The first kappa shape index (κ1) is 8.41. The molecule has 1 aromatic carbocycles. The van der Waals surface area contributed by atoms with Gasteiger partial charge >= 0.3 is 0 Å². The monoisotopic (exact) mass is 185 g/mol. The Morgan fingerprint density at radius 3 is 2.71 bits per heavy atom. The summed E-state index contributed by atoms with van der Waals surface area (Å²) in [4.78, 5) is 2.76. The summed E-state index contributed by atoms with van der Waals surface area (Å²) in [6, 6.07) is 10.9. The molecular weight excluding hydrogens is 178 g/mol. The van der Waals surface area contributed by atoms with Crippen molar-refractivity contribution in [3.05, 3.63) is 53.1 Å². The van der Waals surface area contributed by atoms with Crippen LogP contribution in [0.2, 0.25) is 0 Å². The van der Waals surface area contributed by atoms with Gasteiger partial charge in [0.15, 0.2) is 0 Å². The zero-order valence-corrected chi connectivity index (χ0v) is 7.29. The van der Waals surface area contributed by atoms with Crippen LogP contribution in [0.3, 0.4) is 0 Å². The lowest BCUT2D eigenvalue weighted by atomic mass is 10.1. The lowest BCUT2D eigenvalue weighted by Gasteiger charge is -1.99. The molecule has 0 spiro atoms. The minimum absolute atomic E-state index is 0.574. The van der Waals surface area contributed by atoms with Crippen LogP contribution >= 0.6 is 0 Å².